The second kappa shape index (κ2) is 9.97. The Morgan fingerprint density at radius 2 is 1.97 bits per heavy atom. The number of aryl methyl sites for hydroxylation is 1. The van der Waals surface area contributed by atoms with Crippen molar-refractivity contribution in [2.24, 2.45) is 0 Å². The number of benzene rings is 1. The molecule has 38 heavy (non-hydrogen) atoms. The number of pyridine rings is 1. The molecule has 0 bridgehead atoms. The number of hydrogen-bond acceptors (Lipinski definition) is 5. The molecule has 0 unspecified atom stereocenters. The fraction of sp³-hybridized carbons (Fsp3) is 0.400. The minimum atomic E-state index is -4.69. The zero-order valence-corrected chi connectivity index (χ0v) is 21.7. The molecule has 1 aromatic heterocycles. The molecule has 1 fully saturated rings. The van der Waals surface area contributed by atoms with Crippen LogP contribution in [0, 0.1) is 12.7 Å². The second-order valence-corrected chi connectivity index (χ2v) is 9.82. The summed E-state index contributed by atoms with van der Waals surface area (Å²) in [5.74, 6) is -1.99. The lowest BCUT2D eigenvalue weighted by Gasteiger charge is -2.27. The number of alkyl halides is 3. The SMILES string of the molecule is Cc1cc(C(F)(F)F)cc(N2C(=O)N(CCC3=COC(C)(C)O3)C[C@H]2C(=O)N(C)c2ccc(F)c(Cl)c2)n1. The number of nitrogens with zero attached hydrogens (tertiary/aromatic N) is 4. The van der Waals surface area contributed by atoms with Crippen LogP contribution in [-0.2, 0) is 20.4 Å². The van der Waals surface area contributed by atoms with Gasteiger partial charge in [0.2, 0.25) is 5.79 Å². The van der Waals surface area contributed by atoms with Crippen LogP contribution < -0.4 is 9.80 Å². The summed E-state index contributed by atoms with van der Waals surface area (Å²) in [5, 5.41) is -0.215. The first kappa shape index (κ1) is 27.5. The number of urea groups is 1. The zero-order chi connectivity index (χ0) is 28.0. The number of rotatable bonds is 6. The van der Waals surface area contributed by atoms with Crippen LogP contribution in [0.15, 0.2) is 42.4 Å². The van der Waals surface area contributed by atoms with Crippen molar-refractivity contribution >= 4 is 35.0 Å². The fourth-order valence-corrected chi connectivity index (χ4v) is 4.37. The van der Waals surface area contributed by atoms with Crippen LogP contribution in [0.2, 0.25) is 5.02 Å². The summed E-state index contributed by atoms with van der Waals surface area (Å²) < 4.78 is 65.3. The fourth-order valence-electron chi connectivity index (χ4n) is 4.20. The minimum absolute atomic E-state index is 0.0230. The molecule has 2 aliphatic rings. The molecule has 1 atom stereocenters. The Balaban J connectivity index is 1.66. The second-order valence-electron chi connectivity index (χ2n) is 9.42. The average Bonchev–Trinajstić information content (AvgIpc) is 3.35. The number of aromatic nitrogens is 1. The Morgan fingerprint density at radius 3 is 2.58 bits per heavy atom. The van der Waals surface area contributed by atoms with E-state index in [1.807, 2.05) is 0 Å². The van der Waals surface area contributed by atoms with Crippen LogP contribution in [0.5, 0.6) is 0 Å². The molecule has 0 aliphatic carbocycles. The number of ether oxygens (including phenoxy) is 2. The third-order valence-corrected chi connectivity index (χ3v) is 6.37. The Labute approximate surface area is 221 Å². The van der Waals surface area contributed by atoms with Crippen molar-refractivity contribution in [3.05, 3.63) is 64.5 Å². The smallest absolute Gasteiger partial charge is 0.416 e. The lowest BCUT2D eigenvalue weighted by Crippen LogP contribution is -2.47. The molecule has 3 heterocycles. The van der Waals surface area contributed by atoms with Gasteiger partial charge in [0.15, 0.2) is 0 Å². The van der Waals surface area contributed by atoms with Crippen LogP contribution in [0.25, 0.3) is 0 Å². The maximum atomic E-state index is 13.7. The lowest BCUT2D eigenvalue weighted by atomic mass is 10.1. The van der Waals surface area contributed by atoms with Gasteiger partial charge in [0, 0.05) is 45.2 Å². The van der Waals surface area contributed by atoms with Gasteiger partial charge in [-0.1, -0.05) is 11.6 Å². The highest BCUT2D eigenvalue weighted by molar-refractivity contribution is 6.31. The highest BCUT2D eigenvalue weighted by Crippen LogP contribution is 2.35. The Morgan fingerprint density at radius 1 is 1.26 bits per heavy atom. The van der Waals surface area contributed by atoms with Crippen molar-refractivity contribution in [2.45, 2.75) is 45.2 Å². The van der Waals surface area contributed by atoms with Gasteiger partial charge in [-0.05, 0) is 37.3 Å². The number of hydrogen-bond donors (Lipinski definition) is 0. The largest absolute Gasteiger partial charge is 0.457 e. The predicted octanol–water partition coefficient (Wildman–Crippen LogP) is 5.49. The van der Waals surface area contributed by atoms with Gasteiger partial charge in [0.1, 0.15) is 29.7 Å². The molecule has 2 aromatic rings. The normalized spacial score (nSPS) is 18.8. The van der Waals surface area contributed by atoms with Gasteiger partial charge in [0.05, 0.1) is 17.1 Å². The molecular formula is C25H25ClF4N4O4. The van der Waals surface area contributed by atoms with Crippen molar-refractivity contribution < 1.29 is 36.6 Å². The van der Waals surface area contributed by atoms with Gasteiger partial charge in [-0.3, -0.25) is 9.69 Å². The van der Waals surface area contributed by atoms with Crippen molar-refractivity contribution in [3.8, 4) is 0 Å². The van der Waals surface area contributed by atoms with Gasteiger partial charge in [-0.25, -0.2) is 14.2 Å². The third kappa shape index (κ3) is 5.64. The quantitative estimate of drug-likeness (QED) is 0.440. The molecular weight excluding hydrogens is 532 g/mol. The van der Waals surface area contributed by atoms with Crippen LogP contribution in [0.4, 0.5) is 33.9 Å². The lowest BCUT2D eigenvalue weighted by molar-refractivity contribution is -0.137. The molecule has 0 saturated carbocycles. The van der Waals surface area contributed by atoms with Crippen molar-refractivity contribution in [1.82, 2.24) is 9.88 Å². The maximum Gasteiger partial charge on any atom is 0.416 e. The van der Waals surface area contributed by atoms with E-state index >= 15 is 0 Å². The van der Waals surface area contributed by atoms with Gasteiger partial charge in [0.25, 0.3) is 5.91 Å². The summed E-state index contributed by atoms with van der Waals surface area (Å²) in [6, 6.07) is 3.33. The van der Waals surface area contributed by atoms with Crippen LogP contribution >= 0.6 is 11.6 Å². The van der Waals surface area contributed by atoms with Gasteiger partial charge >= 0.3 is 12.2 Å². The van der Waals surface area contributed by atoms with E-state index in [9.17, 15) is 27.2 Å². The molecule has 13 heteroatoms. The molecule has 204 valence electrons. The molecule has 2 aliphatic heterocycles. The molecule has 0 N–H and O–H groups in total. The number of amides is 3. The van der Waals surface area contributed by atoms with E-state index in [0.29, 0.717) is 5.76 Å². The number of halogens is 5. The first-order chi connectivity index (χ1) is 17.7. The van der Waals surface area contributed by atoms with E-state index in [2.05, 4.69) is 4.98 Å². The standard InChI is InChI=1S/C25H25ClF4N4O4/c1-14-9-15(25(28,29)30)10-21(31-14)34-20(22(35)32(4)16-5-6-19(27)18(26)11-16)12-33(23(34)36)8-7-17-13-37-24(2,3)38-17/h5-6,9-11,13,20H,7-8,12H2,1-4H3/t20-/m0/s1. The highest BCUT2D eigenvalue weighted by atomic mass is 35.5. The van der Waals surface area contributed by atoms with Gasteiger partial charge in [-0.2, -0.15) is 13.2 Å². The molecule has 3 amide bonds. The monoisotopic (exact) mass is 556 g/mol. The summed E-state index contributed by atoms with van der Waals surface area (Å²) in [6.07, 6.45) is -3.00. The van der Waals surface area contributed by atoms with E-state index in [-0.39, 0.29) is 41.7 Å². The van der Waals surface area contributed by atoms with Crippen LogP contribution in [0.3, 0.4) is 0 Å². The van der Waals surface area contributed by atoms with Crippen molar-refractivity contribution in [3.63, 3.8) is 0 Å². The molecule has 4 rings (SSSR count). The summed E-state index contributed by atoms with van der Waals surface area (Å²) in [6.45, 7) is 4.77. The maximum absolute atomic E-state index is 13.7. The number of anilines is 2. The summed E-state index contributed by atoms with van der Waals surface area (Å²) in [5.41, 5.74) is -0.737. The minimum Gasteiger partial charge on any atom is -0.457 e. The van der Waals surface area contributed by atoms with E-state index in [4.69, 9.17) is 21.1 Å². The van der Waals surface area contributed by atoms with Crippen molar-refractivity contribution in [2.75, 3.05) is 29.9 Å². The highest BCUT2D eigenvalue weighted by Gasteiger charge is 2.45. The molecule has 1 saturated heterocycles. The van der Waals surface area contributed by atoms with E-state index in [1.54, 1.807) is 13.8 Å². The zero-order valence-electron chi connectivity index (χ0n) is 21.0. The van der Waals surface area contributed by atoms with Crippen LogP contribution in [0.1, 0.15) is 31.5 Å². The van der Waals surface area contributed by atoms with Crippen LogP contribution in [-0.4, -0.2) is 53.8 Å². The van der Waals surface area contributed by atoms with E-state index in [1.165, 1.54) is 42.2 Å². The first-order valence-electron chi connectivity index (χ1n) is 11.6. The summed E-state index contributed by atoms with van der Waals surface area (Å²) in [4.78, 5) is 34.7. The van der Waals surface area contributed by atoms with Crippen molar-refractivity contribution in [1.29, 1.82) is 0 Å². The first-order valence-corrected chi connectivity index (χ1v) is 12.0. The topological polar surface area (TPSA) is 75.2 Å². The Bertz CT molecular complexity index is 1300. The average molecular weight is 557 g/mol. The predicted molar refractivity (Wildman–Crippen MR) is 131 cm³/mol. The molecule has 0 radical (unpaired) electrons. The van der Waals surface area contributed by atoms with Gasteiger partial charge in [-0.15, -0.1) is 0 Å². The number of likely N-dealkylation sites (N-methyl/N-ethyl adjacent to an activating group) is 1. The molecule has 8 nitrogen and oxygen atoms in total. The number of carbonyl (C=O) groups excluding carboxylic acids is 2. The summed E-state index contributed by atoms with van der Waals surface area (Å²) in [7, 11) is 1.40. The van der Waals surface area contributed by atoms with Gasteiger partial charge < -0.3 is 19.3 Å². The Kier molecular flexibility index (Phi) is 7.21. The summed E-state index contributed by atoms with van der Waals surface area (Å²) >= 11 is 5.86. The number of carbonyl (C=O) groups is 2. The molecule has 1 aromatic carbocycles. The third-order valence-electron chi connectivity index (χ3n) is 6.08. The molecule has 0 spiro atoms. The van der Waals surface area contributed by atoms with E-state index in [0.717, 1.165) is 23.1 Å². The van der Waals surface area contributed by atoms with E-state index < -0.39 is 41.3 Å². The Hall–Kier alpha value is -3.54.